The molecule has 142 valence electrons. The minimum absolute atomic E-state index is 0.0311. The molecular formula is C20H30N4O2. The zero-order valence-electron chi connectivity index (χ0n) is 15.8. The molecule has 1 aromatic rings. The third-order valence-corrected chi connectivity index (χ3v) is 5.17. The highest BCUT2D eigenvalue weighted by molar-refractivity contribution is 5.93. The van der Waals surface area contributed by atoms with Crippen LogP contribution in [0.3, 0.4) is 0 Å². The number of carbonyl (C=O) groups is 2. The Morgan fingerprint density at radius 3 is 2.19 bits per heavy atom. The second-order valence-corrected chi connectivity index (χ2v) is 7.60. The lowest BCUT2D eigenvalue weighted by Gasteiger charge is -2.32. The molecule has 6 nitrogen and oxygen atoms in total. The number of hydrogen-bond donors (Lipinski definition) is 2. The Morgan fingerprint density at radius 2 is 1.62 bits per heavy atom. The van der Waals surface area contributed by atoms with Gasteiger partial charge in [0.15, 0.2) is 0 Å². The van der Waals surface area contributed by atoms with Crippen LogP contribution in [0.1, 0.15) is 39.5 Å². The van der Waals surface area contributed by atoms with Gasteiger partial charge < -0.3 is 20.4 Å². The van der Waals surface area contributed by atoms with Gasteiger partial charge >= 0.3 is 6.03 Å². The normalized spacial score (nSPS) is 18.3. The minimum atomic E-state index is -0.0311. The lowest BCUT2D eigenvalue weighted by Crippen LogP contribution is -2.47. The van der Waals surface area contributed by atoms with Crippen LogP contribution in [0.15, 0.2) is 24.3 Å². The van der Waals surface area contributed by atoms with Gasteiger partial charge in [-0.1, -0.05) is 0 Å². The molecule has 0 aromatic heterocycles. The van der Waals surface area contributed by atoms with Crippen LogP contribution in [0.4, 0.5) is 16.2 Å². The lowest BCUT2D eigenvalue weighted by molar-refractivity contribution is -0.121. The zero-order chi connectivity index (χ0) is 18.5. The maximum atomic E-state index is 12.5. The average molecular weight is 358 g/mol. The van der Waals surface area contributed by atoms with E-state index in [0.29, 0.717) is 25.9 Å². The summed E-state index contributed by atoms with van der Waals surface area (Å²) in [7, 11) is 0. The van der Waals surface area contributed by atoms with Crippen molar-refractivity contribution in [1.82, 2.24) is 10.2 Å². The standard InChI is InChI=1S/C20H30N4O2/c1-15(2)21-20(26)24-13-9-16(10-14-24)19(25)22-17-5-7-18(8-6-17)23-11-3-4-12-23/h5-8,15-16H,3-4,9-14H2,1-2H3,(H,21,26)(H,22,25). The minimum Gasteiger partial charge on any atom is -0.372 e. The smallest absolute Gasteiger partial charge is 0.317 e. The van der Waals surface area contributed by atoms with E-state index in [1.165, 1.54) is 18.5 Å². The van der Waals surface area contributed by atoms with Gasteiger partial charge in [-0.2, -0.15) is 0 Å². The summed E-state index contributed by atoms with van der Waals surface area (Å²) in [5.41, 5.74) is 2.07. The molecule has 6 heteroatoms. The van der Waals surface area contributed by atoms with Crippen LogP contribution >= 0.6 is 0 Å². The van der Waals surface area contributed by atoms with Gasteiger partial charge in [0.2, 0.25) is 5.91 Å². The molecule has 2 heterocycles. The number of carbonyl (C=O) groups excluding carboxylic acids is 2. The summed E-state index contributed by atoms with van der Waals surface area (Å²) in [4.78, 5) is 28.7. The van der Waals surface area contributed by atoms with Crippen molar-refractivity contribution in [3.05, 3.63) is 24.3 Å². The number of benzene rings is 1. The summed E-state index contributed by atoms with van der Waals surface area (Å²) in [6, 6.07) is 8.23. The van der Waals surface area contributed by atoms with Crippen LogP contribution in [0, 0.1) is 5.92 Å². The first-order valence-electron chi connectivity index (χ1n) is 9.74. The van der Waals surface area contributed by atoms with Gasteiger partial charge in [0.1, 0.15) is 0 Å². The number of urea groups is 1. The largest absolute Gasteiger partial charge is 0.372 e. The first-order chi connectivity index (χ1) is 12.5. The van der Waals surface area contributed by atoms with Crippen molar-refractivity contribution in [2.45, 2.75) is 45.6 Å². The average Bonchev–Trinajstić information content (AvgIpc) is 3.16. The van der Waals surface area contributed by atoms with E-state index < -0.39 is 0 Å². The second kappa shape index (κ2) is 8.43. The van der Waals surface area contributed by atoms with E-state index in [1.54, 1.807) is 4.90 Å². The molecule has 2 saturated heterocycles. The molecule has 0 unspecified atom stereocenters. The van der Waals surface area contributed by atoms with E-state index in [0.717, 1.165) is 18.8 Å². The summed E-state index contributed by atoms with van der Waals surface area (Å²) in [6.07, 6.45) is 3.94. The van der Waals surface area contributed by atoms with E-state index in [1.807, 2.05) is 26.0 Å². The van der Waals surface area contributed by atoms with Gasteiger partial charge in [-0.25, -0.2) is 4.79 Å². The Hall–Kier alpha value is -2.24. The van der Waals surface area contributed by atoms with Gasteiger partial charge in [0, 0.05) is 49.5 Å². The Morgan fingerprint density at radius 1 is 1.00 bits per heavy atom. The molecule has 2 fully saturated rings. The first kappa shape index (κ1) is 18.5. The predicted molar refractivity (Wildman–Crippen MR) is 104 cm³/mol. The summed E-state index contributed by atoms with van der Waals surface area (Å²) in [5, 5.41) is 5.94. The summed E-state index contributed by atoms with van der Waals surface area (Å²) >= 11 is 0. The molecule has 0 atom stereocenters. The molecule has 26 heavy (non-hydrogen) atoms. The number of amides is 3. The highest BCUT2D eigenvalue weighted by Crippen LogP contribution is 2.23. The SMILES string of the molecule is CC(C)NC(=O)N1CCC(C(=O)Nc2ccc(N3CCCC3)cc2)CC1. The van der Waals surface area contributed by atoms with Crippen LogP contribution in [0.2, 0.25) is 0 Å². The number of nitrogens with one attached hydrogen (secondary N) is 2. The van der Waals surface area contributed by atoms with Crippen molar-refractivity contribution in [2.75, 3.05) is 36.4 Å². The molecule has 2 N–H and O–H groups in total. The van der Waals surface area contributed by atoms with Gasteiger partial charge in [-0.05, 0) is 63.8 Å². The first-order valence-corrected chi connectivity index (χ1v) is 9.74. The summed E-state index contributed by atoms with van der Waals surface area (Å²) in [5.74, 6) is 0.0270. The van der Waals surface area contributed by atoms with E-state index >= 15 is 0 Å². The Labute approximate surface area is 155 Å². The predicted octanol–water partition coefficient (Wildman–Crippen LogP) is 3.06. The number of piperidine rings is 1. The third kappa shape index (κ3) is 4.68. The number of anilines is 2. The summed E-state index contributed by atoms with van der Waals surface area (Å²) < 4.78 is 0. The van der Waals surface area contributed by atoms with Crippen LogP contribution in [-0.2, 0) is 4.79 Å². The van der Waals surface area contributed by atoms with E-state index in [4.69, 9.17) is 0 Å². The molecule has 0 bridgehead atoms. The number of hydrogen-bond acceptors (Lipinski definition) is 3. The Balaban J connectivity index is 1.47. The Bertz CT molecular complexity index is 615. The zero-order valence-corrected chi connectivity index (χ0v) is 15.8. The quantitative estimate of drug-likeness (QED) is 0.869. The van der Waals surface area contributed by atoms with Crippen LogP contribution in [-0.4, -0.2) is 49.1 Å². The van der Waals surface area contributed by atoms with Crippen molar-refractivity contribution in [3.63, 3.8) is 0 Å². The molecule has 2 aliphatic heterocycles. The number of likely N-dealkylation sites (tertiary alicyclic amines) is 1. The molecule has 3 amide bonds. The van der Waals surface area contributed by atoms with Crippen molar-refractivity contribution in [2.24, 2.45) is 5.92 Å². The topological polar surface area (TPSA) is 64.7 Å². The lowest BCUT2D eigenvalue weighted by atomic mass is 9.96. The molecule has 0 saturated carbocycles. The fourth-order valence-electron chi connectivity index (χ4n) is 3.66. The molecule has 2 aliphatic rings. The monoisotopic (exact) mass is 358 g/mol. The van der Waals surface area contributed by atoms with Crippen molar-refractivity contribution in [1.29, 1.82) is 0 Å². The number of rotatable bonds is 4. The van der Waals surface area contributed by atoms with E-state index in [-0.39, 0.29) is 23.9 Å². The molecule has 0 spiro atoms. The fourth-order valence-corrected chi connectivity index (χ4v) is 3.66. The van der Waals surface area contributed by atoms with Gasteiger partial charge in [-0.3, -0.25) is 4.79 Å². The third-order valence-electron chi connectivity index (χ3n) is 5.17. The fraction of sp³-hybridized carbons (Fsp3) is 0.600. The van der Waals surface area contributed by atoms with Crippen molar-refractivity contribution >= 4 is 23.3 Å². The van der Waals surface area contributed by atoms with Crippen LogP contribution in [0.25, 0.3) is 0 Å². The van der Waals surface area contributed by atoms with E-state index in [2.05, 4.69) is 27.7 Å². The highest BCUT2D eigenvalue weighted by atomic mass is 16.2. The molecule has 3 rings (SSSR count). The second-order valence-electron chi connectivity index (χ2n) is 7.60. The molecular weight excluding hydrogens is 328 g/mol. The van der Waals surface area contributed by atoms with Crippen LogP contribution < -0.4 is 15.5 Å². The van der Waals surface area contributed by atoms with Gasteiger partial charge in [0.05, 0.1) is 0 Å². The van der Waals surface area contributed by atoms with E-state index in [9.17, 15) is 9.59 Å². The van der Waals surface area contributed by atoms with Gasteiger partial charge in [-0.15, -0.1) is 0 Å². The molecule has 1 aromatic carbocycles. The summed E-state index contributed by atoms with van der Waals surface area (Å²) in [6.45, 7) is 7.40. The number of nitrogens with zero attached hydrogens (tertiary/aromatic N) is 2. The van der Waals surface area contributed by atoms with Crippen LogP contribution in [0.5, 0.6) is 0 Å². The van der Waals surface area contributed by atoms with Crippen molar-refractivity contribution < 1.29 is 9.59 Å². The maximum absolute atomic E-state index is 12.5. The molecule has 0 aliphatic carbocycles. The highest BCUT2D eigenvalue weighted by Gasteiger charge is 2.27. The van der Waals surface area contributed by atoms with Crippen molar-refractivity contribution in [3.8, 4) is 0 Å². The maximum Gasteiger partial charge on any atom is 0.317 e. The molecule has 0 radical (unpaired) electrons. The Kier molecular flexibility index (Phi) is 6.01. The van der Waals surface area contributed by atoms with Gasteiger partial charge in [0.25, 0.3) is 0 Å².